The summed E-state index contributed by atoms with van der Waals surface area (Å²) in [5.41, 5.74) is 2.43. The van der Waals surface area contributed by atoms with Crippen molar-refractivity contribution in [3.05, 3.63) is 98.2 Å². The molecule has 0 bridgehead atoms. The van der Waals surface area contributed by atoms with E-state index in [2.05, 4.69) is 15.4 Å². The molecule has 0 saturated heterocycles. The van der Waals surface area contributed by atoms with Crippen LogP contribution in [0.3, 0.4) is 0 Å². The molecule has 0 aliphatic carbocycles. The summed E-state index contributed by atoms with van der Waals surface area (Å²) in [5, 5.41) is 18.2. The number of carbonyl (C=O) groups excluding carboxylic acids is 1. The number of rotatable bonds is 7. The zero-order valence-corrected chi connectivity index (χ0v) is 17.3. The van der Waals surface area contributed by atoms with Crippen molar-refractivity contribution in [3.63, 3.8) is 0 Å². The maximum Gasteiger partial charge on any atom is 0.270 e. The van der Waals surface area contributed by atoms with E-state index < -0.39 is 10.8 Å². The summed E-state index contributed by atoms with van der Waals surface area (Å²) in [5.74, 6) is -0.432. The highest BCUT2D eigenvalue weighted by molar-refractivity contribution is 5.94. The predicted octanol–water partition coefficient (Wildman–Crippen LogP) is 2.29. The number of nitrogens with one attached hydrogen (secondary N) is 1. The van der Waals surface area contributed by atoms with Crippen molar-refractivity contribution in [1.29, 1.82) is 0 Å². The first-order valence-electron chi connectivity index (χ1n) is 9.91. The van der Waals surface area contributed by atoms with E-state index in [4.69, 9.17) is 0 Å². The number of nitrogens with zero attached hydrogens (tertiary/aromatic N) is 5. The van der Waals surface area contributed by atoms with E-state index in [1.54, 1.807) is 4.68 Å². The van der Waals surface area contributed by atoms with Crippen molar-refractivity contribution in [2.24, 2.45) is 0 Å². The maximum absolute atomic E-state index is 12.8. The second kappa shape index (κ2) is 8.80. The molecule has 0 saturated carbocycles. The van der Waals surface area contributed by atoms with Gasteiger partial charge in [0.2, 0.25) is 0 Å². The van der Waals surface area contributed by atoms with Crippen LogP contribution in [0.25, 0.3) is 11.0 Å². The largest absolute Gasteiger partial charge is 0.350 e. The van der Waals surface area contributed by atoms with Gasteiger partial charge in [-0.3, -0.25) is 24.3 Å². The van der Waals surface area contributed by atoms with Crippen LogP contribution in [-0.2, 0) is 13.1 Å². The van der Waals surface area contributed by atoms with Crippen molar-refractivity contribution in [1.82, 2.24) is 24.6 Å². The normalized spacial score (nSPS) is 10.9. The maximum atomic E-state index is 12.8. The van der Waals surface area contributed by atoms with Crippen molar-refractivity contribution in [3.8, 4) is 0 Å². The molecule has 162 valence electrons. The van der Waals surface area contributed by atoms with Crippen molar-refractivity contribution in [2.75, 3.05) is 6.54 Å². The molecular formula is C22H20N6O4. The molecule has 0 spiro atoms. The van der Waals surface area contributed by atoms with Gasteiger partial charge in [0.05, 0.1) is 24.2 Å². The number of amides is 1. The average molecular weight is 432 g/mol. The molecule has 0 aliphatic heterocycles. The molecule has 2 heterocycles. The van der Waals surface area contributed by atoms with Crippen LogP contribution in [0, 0.1) is 17.0 Å². The molecule has 0 radical (unpaired) electrons. The van der Waals surface area contributed by atoms with Crippen LogP contribution in [-0.4, -0.2) is 36.7 Å². The predicted molar refractivity (Wildman–Crippen MR) is 117 cm³/mol. The summed E-state index contributed by atoms with van der Waals surface area (Å²) in [4.78, 5) is 39.8. The Morgan fingerprint density at radius 3 is 2.72 bits per heavy atom. The Balaban J connectivity index is 1.44. The van der Waals surface area contributed by atoms with Gasteiger partial charge in [-0.15, -0.1) is 0 Å². The smallest absolute Gasteiger partial charge is 0.270 e. The summed E-state index contributed by atoms with van der Waals surface area (Å²) in [6.07, 6.45) is 2.96. The lowest BCUT2D eigenvalue weighted by Crippen LogP contribution is -2.27. The number of carbonyl (C=O) groups is 1. The minimum atomic E-state index is -0.552. The van der Waals surface area contributed by atoms with E-state index in [1.165, 1.54) is 41.4 Å². The topological polar surface area (TPSA) is 125 Å². The van der Waals surface area contributed by atoms with Gasteiger partial charge >= 0.3 is 0 Å². The van der Waals surface area contributed by atoms with Gasteiger partial charge in [-0.25, -0.2) is 9.67 Å². The number of hydrogen-bond acceptors (Lipinski definition) is 6. The molecule has 1 amide bonds. The third-order valence-electron chi connectivity index (χ3n) is 5.02. The van der Waals surface area contributed by atoms with Gasteiger partial charge in [0, 0.05) is 24.2 Å². The third kappa shape index (κ3) is 4.38. The van der Waals surface area contributed by atoms with E-state index in [9.17, 15) is 19.7 Å². The molecule has 2 aromatic heterocycles. The molecule has 1 N–H and O–H groups in total. The van der Waals surface area contributed by atoms with Gasteiger partial charge in [-0.1, -0.05) is 35.9 Å². The lowest BCUT2D eigenvalue weighted by atomic mass is 10.1. The first-order valence-corrected chi connectivity index (χ1v) is 9.91. The lowest BCUT2D eigenvalue weighted by Gasteiger charge is -2.08. The van der Waals surface area contributed by atoms with Crippen molar-refractivity contribution < 1.29 is 9.72 Å². The molecular weight excluding hydrogens is 412 g/mol. The zero-order valence-electron chi connectivity index (χ0n) is 17.3. The number of nitro benzene ring substituents is 1. The van der Waals surface area contributed by atoms with Crippen LogP contribution in [0.4, 0.5) is 5.69 Å². The summed E-state index contributed by atoms with van der Waals surface area (Å²) in [6, 6.07) is 13.4. The Labute approximate surface area is 182 Å². The molecule has 0 fully saturated rings. The minimum absolute atomic E-state index is 0.151. The van der Waals surface area contributed by atoms with E-state index in [1.807, 2.05) is 31.2 Å². The van der Waals surface area contributed by atoms with Gasteiger partial charge in [-0.2, -0.15) is 5.10 Å². The van der Waals surface area contributed by atoms with E-state index >= 15 is 0 Å². The van der Waals surface area contributed by atoms with Gasteiger partial charge < -0.3 is 5.32 Å². The van der Waals surface area contributed by atoms with Crippen LogP contribution in [0.2, 0.25) is 0 Å². The van der Waals surface area contributed by atoms with Crippen molar-refractivity contribution >= 4 is 22.6 Å². The highest BCUT2D eigenvalue weighted by Crippen LogP contribution is 2.13. The standard InChI is InChI=1S/C22H20N6O4/c1-15-5-7-16(8-6-15)13-26-14-24-20-19(22(26)30)12-25-27(20)10-9-23-21(29)17-3-2-4-18(11-17)28(31)32/h2-8,11-12,14H,9-10,13H2,1H3,(H,23,29). The molecule has 4 aromatic rings. The van der Waals surface area contributed by atoms with E-state index in [0.29, 0.717) is 24.1 Å². The Morgan fingerprint density at radius 1 is 1.19 bits per heavy atom. The van der Waals surface area contributed by atoms with Gasteiger partial charge in [0.25, 0.3) is 17.2 Å². The van der Waals surface area contributed by atoms with Crippen LogP contribution in [0.1, 0.15) is 21.5 Å². The number of aryl methyl sites for hydroxylation is 1. The molecule has 10 nitrogen and oxygen atoms in total. The second-order valence-corrected chi connectivity index (χ2v) is 7.33. The van der Waals surface area contributed by atoms with E-state index in [-0.39, 0.29) is 23.4 Å². The quantitative estimate of drug-likeness (QED) is 0.353. The SMILES string of the molecule is Cc1ccc(Cn2cnc3c(cnn3CCNC(=O)c3cccc([N+](=O)[O-])c3)c2=O)cc1. The fraction of sp³-hybridized carbons (Fsp3) is 0.182. The lowest BCUT2D eigenvalue weighted by molar-refractivity contribution is -0.384. The summed E-state index contributed by atoms with van der Waals surface area (Å²) in [6.45, 7) is 2.92. The molecule has 10 heteroatoms. The zero-order chi connectivity index (χ0) is 22.7. The second-order valence-electron chi connectivity index (χ2n) is 7.33. The Kier molecular flexibility index (Phi) is 5.75. The fourth-order valence-electron chi connectivity index (χ4n) is 3.30. The molecule has 0 atom stereocenters. The molecule has 4 rings (SSSR count). The summed E-state index contributed by atoms with van der Waals surface area (Å²) < 4.78 is 3.07. The molecule has 2 aromatic carbocycles. The van der Waals surface area contributed by atoms with Gasteiger partial charge in [0.1, 0.15) is 11.7 Å². The number of nitro groups is 1. The summed E-state index contributed by atoms with van der Waals surface area (Å²) >= 11 is 0. The minimum Gasteiger partial charge on any atom is -0.350 e. The monoisotopic (exact) mass is 432 g/mol. The van der Waals surface area contributed by atoms with Gasteiger partial charge in [0.15, 0.2) is 5.65 Å². The molecule has 0 aliphatic rings. The summed E-state index contributed by atoms with van der Waals surface area (Å²) in [7, 11) is 0. The number of hydrogen-bond donors (Lipinski definition) is 1. The highest BCUT2D eigenvalue weighted by atomic mass is 16.6. The van der Waals surface area contributed by atoms with E-state index in [0.717, 1.165) is 11.1 Å². The fourth-order valence-corrected chi connectivity index (χ4v) is 3.30. The number of benzene rings is 2. The van der Waals surface area contributed by atoms with Crippen molar-refractivity contribution in [2.45, 2.75) is 20.0 Å². The van der Waals surface area contributed by atoms with Crippen LogP contribution < -0.4 is 10.9 Å². The van der Waals surface area contributed by atoms with Crippen LogP contribution in [0.15, 0.2) is 65.8 Å². The number of non-ortho nitro benzene ring substituents is 1. The van der Waals surface area contributed by atoms with Crippen LogP contribution in [0.5, 0.6) is 0 Å². The molecule has 0 unspecified atom stereocenters. The highest BCUT2D eigenvalue weighted by Gasteiger charge is 2.13. The first kappa shape index (κ1) is 20.9. The Morgan fingerprint density at radius 2 is 1.97 bits per heavy atom. The average Bonchev–Trinajstić information content (AvgIpc) is 3.21. The Hall–Kier alpha value is -4.34. The van der Waals surface area contributed by atoms with Gasteiger partial charge in [-0.05, 0) is 18.6 Å². The first-order chi connectivity index (χ1) is 15.4. The Bertz CT molecular complexity index is 1360. The molecule has 32 heavy (non-hydrogen) atoms. The number of aromatic nitrogens is 4. The number of fused-ring (bicyclic) bond motifs is 1. The van der Waals surface area contributed by atoms with Crippen LogP contribution >= 0.6 is 0 Å². The third-order valence-corrected chi connectivity index (χ3v) is 5.02.